The second-order valence-corrected chi connectivity index (χ2v) is 15.1. The van der Waals surface area contributed by atoms with Crippen LogP contribution in [0.2, 0.25) is 0 Å². The van der Waals surface area contributed by atoms with Crippen LogP contribution in [0.25, 0.3) is 0 Å². The highest BCUT2D eigenvalue weighted by Crippen LogP contribution is 2.66. The highest BCUT2D eigenvalue weighted by atomic mass is 16.3. The Bertz CT molecular complexity index is 868. The summed E-state index contributed by atoms with van der Waals surface area (Å²) in [5, 5.41) is 16.7. The number of ketones is 1. The van der Waals surface area contributed by atoms with Gasteiger partial charge in [0.2, 0.25) is 5.91 Å². The van der Waals surface area contributed by atoms with Gasteiger partial charge in [0.15, 0.2) is 0 Å². The van der Waals surface area contributed by atoms with Gasteiger partial charge in [0, 0.05) is 30.3 Å². The van der Waals surface area contributed by atoms with Crippen molar-refractivity contribution < 1.29 is 14.7 Å². The van der Waals surface area contributed by atoms with E-state index in [2.05, 4.69) is 10.6 Å². The minimum absolute atomic E-state index is 0.0834. The highest BCUT2D eigenvalue weighted by Gasteiger charge is 2.61. The summed E-state index contributed by atoms with van der Waals surface area (Å²) in [5.41, 5.74) is -0.227. The minimum atomic E-state index is -0.330. The van der Waals surface area contributed by atoms with Crippen LogP contribution in [-0.4, -0.2) is 41.0 Å². The Labute approximate surface area is 223 Å². The van der Waals surface area contributed by atoms with Crippen molar-refractivity contribution in [2.75, 3.05) is 6.61 Å². The zero-order valence-electron chi connectivity index (χ0n) is 22.9. The molecule has 3 N–H and O–H groups in total. The summed E-state index contributed by atoms with van der Waals surface area (Å²) in [6.07, 6.45) is 21.1. The average Bonchev–Trinajstić information content (AvgIpc) is 3.10. The van der Waals surface area contributed by atoms with E-state index in [9.17, 15) is 14.7 Å². The van der Waals surface area contributed by atoms with E-state index in [0.717, 1.165) is 80.0 Å². The zero-order chi connectivity index (χ0) is 25.2. The fraction of sp³-hybridized carbons (Fsp3) is 0.938. The van der Waals surface area contributed by atoms with Gasteiger partial charge in [-0.15, -0.1) is 0 Å². The second kappa shape index (κ2) is 9.61. The molecule has 8 fully saturated rings. The van der Waals surface area contributed by atoms with E-state index < -0.39 is 0 Å². The van der Waals surface area contributed by atoms with E-state index in [0.29, 0.717) is 24.3 Å². The molecule has 0 aromatic carbocycles. The molecule has 37 heavy (non-hydrogen) atoms. The van der Waals surface area contributed by atoms with E-state index in [1.165, 1.54) is 70.6 Å². The molecule has 5 heteroatoms. The Morgan fingerprint density at radius 3 is 2.30 bits per heavy atom. The van der Waals surface area contributed by atoms with Gasteiger partial charge in [-0.1, -0.05) is 12.8 Å². The number of hydrogen-bond donors (Lipinski definition) is 3. The molecule has 0 aromatic rings. The van der Waals surface area contributed by atoms with Crippen LogP contribution in [0.5, 0.6) is 0 Å². The standard InChI is InChI=1S/C32H50N2O3/c35-19-31(8-1-2-9-31)34-30(37)5-3-4-26-23-6-7-24(26)12-20(11-23)15-27-28(33-27)16-29(36)32-17-21-10-22(18-32)14-25(32)13-21/h20-28,33,35H,1-19H2,(H,34,37)/t20?,21?,22?,23-,24-,25?,26?,27-,28?,32?/m0/s1. The molecule has 1 saturated heterocycles. The Kier molecular flexibility index (Phi) is 6.51. The van der Waals surface area contributed by atoms with Gasteiger partial charge in [0.1, 0.15) is 5.78 Å². The summed E-state index contributed by atoms with van der Waals surface area (Å²) in [4.78, 5) is 26.0. The van der Waals surface area contributed by atoms with Crippen LogP contribution in [0, 0.1) is 46.8 Å². The van der Waals surface area contributed by atoms with Crippen LogP contribution >= 0.6 is 0 Å². The van der Waals surface area contributed by atoms with Gasteiger partial charge in [0.05, 0.1) is 12.1 Å². The van der Waals surface area contributed by atoms with Crippen molar-refractivity contribution in [3.63, 3.8) is 0 Å². The third-order valence-corrected chi connectivity index (χ3v) is 12.9. The maximum Gasteiger partial charge on any atom is 0.220 e. The SMILES string of the molecule is O=C(CCCC1[C@H]2CC[C@H]1CC(C[C@@H]1NC1CC(=O)C13CC4CC(CC1C4)C3)C2)NC1(CO)CCCC1. The smallest absolute Gasteiger partial charge is 0.220 e. The summed E-state index contributed by atoms with van der Waals surface area (Å²) >= 11 is 0. The number of nitrogens with one attached hydrogen (secondary N) is 2. The lowest BCUT2D eigenvalue weighted by molar-refractivity contribution is -0.130. The van der Waals surface area contributed by atoms with Crippen molar-refractivity contribution in [1.29, 1.82) is 0 Å². The lowest BCUT2D eigenvalue weighted by Crippen LogP contribution is -2.49. The zero-order valence-corrected chi connectivity index (χ0v) is 22.9. The first kappa shape index (κ1) is 25.1. The van der Waals surface area contributed by atoms with Gasteiger partial charge in [-0.05, 0) is 131 Å². The maximum atomic E-state index is 13.5. The summed E-state index contributed by atoms with van der Waals surface area (Å²) in [5.74, 6) is 6.61. The summed E-state index contributed by atoms with van der Waals surface area (Å²) < 4.78 is 0. The first-order valence-corrected chi connectivity index (χ1v) is 16.2. The first-order valence-electron chi connectivity index (χ1n) is 16.2. The normalized spacial score (nSPS) is 46.5. The molecule has 1 heterocycles. The number of amides is 1. The highest BCUT2D eigenvalue weighted by molar-refractivity contribution is 5.87. The molecule has 7 saturated carbocycles. The van der Waals surface area contributed by atoms with Gasteiger partial charge in [-0.2, -0.15) is 0 Å². The largest absolute Gasteiger partial charge is 0.394 e. The second-order valence-electron chi connectivity index (χ2n) is 15.1. The summed E-state index contributed by atoms with van der Waals surface area (Å²) in [6, 6.07) is 1.06. The number of aliphatic hydroxyl groups excluding tert-OH is 1. The molecular formula is C32H50N2O3. The minimum Gasteiger partial charge on any atom is -0.394 e. The Hall–Kier alpha value is -0.940. The van der Waals surface area contributed by atoms with Crippen LogP contribution in [0.1, 0.15) is 116 Å². The molecular weight excluding hydrogens is 460 g/mol. The van der Waals surface area contributed by atoms with E-state index in [-0.39, 0.29) is 23.5 Å². The summed E-state index contributed by atoms with van der Waals surface area (Å²) in [7, 11) is 0. The number of carbonyl (C=O) groups is 2. The fourth-order valence-electron chi connectivity index (χ4n) is 11.3. The van der Waals surface area contributed by atoms with Gasteiger partial charge in [-0.25, -0.2) is 0 Å². The van der Waals surface area contributed by atoms with Crippen molar-refractivity contribution in [3.8, 4) is 0 Å². The molecule has 7 aliphatic carbocycles. The number of aliphatic hydroxyl groups is 1. The molecule has 1 amide bonds. The van der Waals surface area contributed by atoms with Crippen molar-refractivity contribution in [2.24, 2.45) is 46.8 Å². The van der Waals surface area contributed by atoms with Crippen LogP contribution in [-0.2, 0) is 9.59 Å². The van der Waals surface area contributed by atoms with Crippen LogP contribution in [0.3, 0.4) is 0 Å². The number of rotatable bonds is 11. The predicted molar refractivity (Wildman–Crippen MR) is 144 cm³/mol. The molecule has 5 nitrogen and oxygen atoms in total. The molecule has 6 bridgehead atoms. The van der Waals surface area contributed by atoms with Crippen molar-refractivity contribution in [1.82, 2.24) is 10.6 Å². The monoisotopic (exact) mass is 510 g/mol. The van der Waals surface area contributed by atoms with Crippen LogP contribution in [0.4, 0.5) is 0 Å². The Morgan fingerprint density at radius 2 is 1.62 bits per heavy atom. The van der Waals surface area contributed by atoms with Gasteiger partial charge in [-0.3, -0.25) is 9.59 Å². The van der Waals surface area contributed by atoms with Crippen molar-refractivity contribution in [3.05, 3.63) is 0 Å². The average molecular weight is 511 g/mol. The van der Waals surface area contributed by atoms with Gasteiger partial charge >= 0.3 is 0 Å². The Morgan fingerprint density at radius 1 is 0.919 bits per heavy atom. The topological polar surface area (TPSA) is 88.3 Å². The van der Waals surface area contributed by atoms with E-state index in [1.54, 1.807) is 0 Å². The number of hydrogen-bond acceptors (Lipinski definition) is 4. The molecule has 0 spiro atoms. The molecule has 0 radical (unpaired) electrons. The van der Waals surface area contributed by atoms with Gasteiger partial charge in [0.25, 0.3) is 0 Å². The van der Waals surface area contributed by atoms with E-state index in [1.807, 2.05) is 0 Å². The molecule has 1 aliphatic heterocycles. The molecule has 8 rings (SSSR count). The third kappa shape index (κ3) is 4.62. The van der Waals surface area contributed by atoms with E-state index in [4.69, 9.17) is 0 Å². The van der Waals surface area contributed by atoms with Crippen LogP contribution in [0.15, 0.2) is 0 Å². The van der Waals surface area contributed by atoms with Crippen molar-refractivity contribution in [2.45, 2.75) is 133 Å². The number of fused-ring (bicyclic) bond motifs is 2. The molecule has 0 aromatic heterocycles. The quantitative estimate of drug-likeness (QED) is 0.336. The van der Waals surface area contributed by atoms with Crippen LogP contribution < -0.4 is 10.6 Å². The first-order chi connectivity index (χ1) is 18.0. The third-order valence-electron chi connectivity index (χ3n) is 12.9. The molecule has 6 atom stereocenters. The predicted octanol–water partition coefficient (Wildman–Crippen LogP) is 5.15. The number of Topliss-reactive ketones (excluding diaryl/α,β-unsaturated/α-hetero) is 1. The fourth-order valence-corrected chi connectivity index (χ4v) is 11.3. The Balaban J connectivity index is 0.840. The molecule has 8 aliphatic rings. The molecule has 3 unspecified atom stereocenters. The van der Waals surface area contributed by atoms with Crippen molar-refractivity contribution >= 4 is 11.7 Å². The summed E-state index contributed by atoms with van der Waals surface area (Å²) in [6.45, 7) is 0.0834. The lowest BCUT2D eigenvalue weighted by Gasteiger charge is -2.36. The van der Waals surface area contributed by atoms with E-state index >= 15 is 0 Å². The number of carbonyl (C=O) groups excluding carboxylic acids is 2. The molecule has 206 valence electrons. The maximum absolute atomic E-state index is 13.5. The van der Waals surface area contributed by atoms with Gasteiger partial charge < -0.3 is 15.7 Å². The lowest BCUT2D eigenvalue weighted by atomic mass is 9.69.